The van der Waals surface area contributed by atoms with Gasteiger partial charge in [-0.1, -0.05) is 23.2 Å². The molecule has 0 aliphatic carbocycles. The van der Waals surface area contributed by atoms with Crippen LogP contribution in [0.15, 0.2) is 12.1 Å². The molecule has 1 aromatic carbocycles. The van der Waals surface area contributed by atoms with Crippen molar-refractivity contribution in [2.24, 2.45) is 0 Å². The fourth-order valence-electron chi connectivity index (χ4n) is 1.24. The summed E-state index contributed by atoms with van der Waals surface area (Å²) in [6, 6.07) is 2.43. The number of hydrogen-bond acceptors (Lipinski definition) is 3. The molecule has 1 N–H and O–H groups in total. The molecule has 0 amide bonds. The number of rotatable bonds is 6. The van der Waals surface area contributed by atoms with Gasteiger partial charge >= 0.3 is 0 Å². The van der Waals surface area contributed by atoms with Gasteiger partial charge < -0.3 is 4.74 Å². The first-order chi connectivity index (χ1) is 8.06. The molecule has 0 radical (unpaired) electrons. The highest BCUT2D eigenvalue weighted by atomic mass is 35.5. The molecular weight excluding hydrogens is 268 g/mol. The molecule has 0 aromatic heterocycles. The van der Waals surface area contributed by atoms with Gasteiger partial charge in [0.1, 0.15) is 5.82 Å². The quantitative estimate of drug-likeness (QED) is 0.493. The van der Waals surface area contributed by atoms with E-state index >= 15 is 0 Å². The van der Waals surface area contributed by atoms with Crippen LogP contribution >= 0.6 is 23.2 Å². The average molecular weight is 282 g/mol. The summed E-state index contributed by atoms with van der Waals surface area (Å²) in [6.07, 6.45) is 0. The molecule has 3 nitrogen and oxygen atoms in total. The molecule has 1 aromatic rings. The van der Waals surface area contributed by atoms with Crippen molar-refractivity contribution in [2.45, 2.75) is 13.0 Å². The maximum absolute atomic E-state index is 13.3. The number of methoxy groups -OCH3 is 1. The number of ether oxygens (including phenoxy) is 1. The Kier molecular flexibility index (Phi) is 6.16. The number of nitrogens with one attached hydrogen (secondary N) is 1. The third kappa shape index (κ3) is 4.41. The second-order valence-electron chi connectivity index (χ2n) is 3.47. The van der Waals surface area contributed by atoms with Gasteiger partial charge in [-0.15, -0.1) is 0 Å². The maximum atomic E-state index is 13.3. The molecule has 6 heteroatoms. The summed E-state index contributed by atoms with van der Waals surface area (Å²) < 4.78 is 18.1. The minimum Gasteiger partial charge on any atom is -0.382 e. The summed E-state index contributed by atoms with van der Waals surface area (Å²) in [7, 11) is 1.58. The Bertz CT molecular complexity index is 377. The standard InChI is InChI=1S/C11H14Cl2FNO2/c1-7(15-17-4-3-16-2)8-5-11(14)10(13)6-9(8)12/h5-7,15H,3-4H2,1-2H3. The van der Waals surface area contributed by atoms with E-state index < -0.39 is 5.82 Å². The van der Waals surface area contributed by atoms with Crippen molar-refractivity contribution in [2.75, 3.05) is 20.3 Å². The second-order valence-corrected chi connectivity index (χ2v) is 4.28. The van der Waals surface area contributed by atoms with E-state index in [9.17, 15) is 4.39 Å². The van der Waals surface area contributed by atoms with Gasteiger partial charge in [0.05, 0.1) is 24.3 Å². The summed E-state index contributed by atoms with van der Waals surface area (Å²) in [5.41, 5.74) is 3.34. The summed E-state index contributed by atoms with van der Waals surface area (Å²) in [4.78, 5) is 5.13. The van der Waals surface area contributed by atoms with Gasteiger partial charge in [0.15, 0.2) is 0 Å². The minimum atomic E-state index is -0.503. The van der Waals surface area contributed by atoms with E-state index in [-0.39, 0.29) is 11.1 Å². The molecule has 0 bridgehead atoms. The maximum Gasteiger partial charge on any atom is 0.142 e. The Balaban J connectivity index is 2.62. The van der Waals surface area contributed by atoms with E-state index in [1.165, 1.54) is 12.1 Å². The SMILES string of the molecule is COCCONC(C)c1cc(F)c(Cl)cc1Cl. The smallest absolute Gasteiger partial charge is 0.142 e. The van der Waals surface area contributed by atoms with Crippen molar-refractivity contribution in [3.8, 4) is 0 Å². The van der Waals surface area contributed by atoms with Crippen molar-refractivity contribution in [1.29, 1.82) is 0 Å². The van der Waals surface area contributed by atoms with Crippen LogP contribution in [-0.4, -0.2) is 20.3 Å². The number of hydrogen-bond donors (Lipinski definition) is 1. The topological polar surface area (TPSA) is 30.5 Å². The monoisotopic (exact) mass is 281 g/mol. The van der Waals surface area contributed by atoms with Gasteiger partial charge in [0, 0.05) is 12.1 Å². The highest BCUT2D eigenvalue weighted by Gasteiger charge is 2.13. The average Bonchev–Trinajstić information content (AvgIpc) is 2.29. The van der Waals surface area contributed by atoms with E-state index in [1.807, 2.05) is 0 Å². The van der Waals surface area contributed by atoms with Gasteiger partial charge in [-0.25, -0.2) is 4.39 Å². The molecular formula is C11H14Cl2FNO2. The Morgan fingerprint density at radius 3 is 2.65 bits per heavy atom. The molecule has 0 fully saturated rings. The molecule has 17 heavy (non-hydrogen) atoms. The predicted molar refractivity (Wildman–Crippen MR) is 65.8 cm³/mol. The lowest BCUT2D eigenvalue weighted by Crippen LogP contribution is -2.21. The molecule has 0 aliphatic heterocycles. The summed E-state index contributed by atoms with van der Waals surface area (Å²) in [5, 5.41) is 0.401. The minimum absolute atomic E-state index is 0.00579. The largest absolute Gasteiger partial charge is 0.382 e. The van der Waals surface area contributed by atoms with Crippen LogP contribution in [0, 0.1) is 5.82 Å². The molecule has 0 spiro atoms. The zero-order chi connectivity index (χ0) is 12.8. The van der Waals surface area contributed by atoms with Crippen molar-refractivity contribution >= 4 is 23.2 Å². The van der Waals surface area contributed by atoms with Crippen LogP contribution < -0.4 is 5.48 Å². The Morgan fingerprint density at radius 2 is 2.00 bits per heavy atom. The van der Waals surface area contributed by atoms with Gasteiger partial charge in [-0.05, 0) is 24.6 Å². The first-order valence-electron chi connectivity index (χ1n) is 5.07. The van der Waals surface area contributed by atoms with Crippen molar-refractivity contribution in [3.63, 3.8) is 0 Å². The van der Waals surface area contributed by atoms with Gasteiger partial charge in [-0.2, -0.15) is 5.48 Å². The third-order valence-corrected chi connectivity index (χ3v) is 2.77. The predicted octanol–water partition coefficient (Wildman–Crippen LogP) is 3.36. The molecule has 1 rings (SSSR count). The molecule has 0 heterocycles. The van der Waals surface area contributed by atoms with E-state index in [4.69, 9.17) is 32.8 Å². The normalized spacial score (nSPS) is 12.8. The number of halogens is 3. The van der Waals surface area contributed by atoms with Crippen molar-refractivity contribution < 1.29 is 14.0 Å². The first-order valence-corrected chi connectivity index (χ1v) is 5.82. The first kappa shape index (κ1) is 14.7. The number of hydroxylamine groups is 1. The van der Waals surface area contributed by atoms with Gasteiger partial charge in [-0.3, -0.25) is 4.84 Å². The lowest BCUT2D eigenvalue weighted by atomic mass is 10.1. The van der Waals surface area contributed by atoms with E-state index in [1.54, 1.807) is 14.0 Å². The van der Waals surface area contributed by atoms with Crippen molar-refractivity contribution in [3.05, 3.63) is 33.6 Å². The highest BCUT2D eigenvalue weighted by molar-refractivity contribution is 6.35. The Hall–Kier alpha value is -0.390. The fourth-order valence-corrected chi connectivity index (χ4v) is 1.79. The van der Waals surface area contributed by atoms with Crippen LogP contribution in [-0.2, 0) is 9.57 Å². The van der Waals surface area contributed by atoms with Crippen LogP contribution in [0.25, 0.3) is 0 Å². The van der Waals surface area contributed by atoms with Crippen LogP contribution in [0.2, 0.25) is 10.0 Å². The molecule has 1 unspecified atom stereocenters. The summed E-state index contributed by atoms with van der Waals surface area (Å²) >= 11 is 11.6. The van der Waals surface area contributed by atoms with E-state index in [0.29, 0.717) is 23.8 Å². The van der Waals surface area contributed by atoms with Crippen LogP contribution in [0.5, 0.6) is 0 Å². The highest BCUT2D eigenvalue weighted by Crippen LogP contribution is 2.28. The van der Waals surface area contributed by atoms with Crippen LogP contribution in [0.3, 0.4) is 0 Å². The molecule has 0 saturated carbocycles. The molecule has 96 valence electrons. The zero-order valence-electron chi connectivity index (χ0n) is 9.60. The second kappa shape index (κ2) is 7.13. The number of benzene rings is 1. The third-order valence-electron chi connectivity index (χ3n) is 2.16. The van der Waals surface area contributed by atoms with Crippen LogP contribution in [0.4, 0.5) is 4.39 Å². The summed E-state index contributed by atoms with van der Waals surface area (Å²) in [6.45, 7) is 2.68. The zero-order valence-corrected chi connectivity index (χ0v) is 11.1. The van der Waals surface area contributed by atoms with E-state index in [0.717, 1.165) is 0 Å². The lowest BCUT2D eigenvalue weighted by Gasteiger charge is -2.15. The lowest BCUT2D eigenvalue weighted by molar-refractivity contribution is -0.00927. The molecule has 0 saturated heterocycles. The van der Waals surface area contributed by atoms with Crippen molar-refractivity contribution in [1.82, 2.24) is 5.48 Å². The Labute approximate surface area is 110 Å². The Morgan fingerprint density at radius 1 is 1.29 bits per heavy atom. The fraction of sp³-hybridized carbons (Fsp3) is 0.455. The molecule has 0 aliphatic rings. The van der Waals surface area contributed by atoms with Crippen LogP contribution in [0.1, 0.15) is 18.5 Å². The summed E-state index contributed by atoms with van der Waals surface area (Å²) in [5.74, 6) is -0.503. The van der Waals surface area contributed by atoms with Gasteiger partial charge in [0.2, 0.25) is 0 Å². The van der Waals surface area contributed by atoms with Gasteiger partial charge in [0.25, 0.3) is 0 Å². The molecule has 1 atom stereocenters. The van der Waals surface area contributed by atoms with E-state index in [2.05, 4.69) is 5.48 Å².